The van der Waals surface area contributed by atoms with E-state index in [-0.39, 0.29) is 36.4 Å². The maximum absolute atomic E-state index is 12.5. The summed E-state index contributed by atoms with van der Waals surface area (Å²) >= 11 is 3.31. The fourth-order valence-corrected chi connectivity index (χ4v) is 7.24. The van der Waals surface area contributed by atoms with Crippen molar-refractivity contribution < 1.29 is 37.2 Å². The van der Waals surface area contributed by atoms with Crippen LogP contribution in [0.25, 0.3) is 22.3 Å². The number of rotatable bonds is 13. The normalized spacial score (nSPS) is 11.9. The van der Waals surface area contributed by atoms with E-state index >= 15 is 0 Å². The zero-order chi connectivity index (χ0) is 45.4. The molecule has 3 N–H and O–H groups in total. The number of imidazole rings is 2. The first-order chi connectivity index (χ1) is 28.3. The lowest BCUT2D eigenvalue weighted by Crippen LogP contribution is -2.29. The molecule has 332 valence electrons. The summed E-state index contributed by atoms with van der Waals surface area (Å²) in [5.74, 6) is -0.147. The molecular weight excluding hydrogens is 906 g/mol. The van der Waals surface area contributed by atoms with Crippen molar-refractivity contribution in [1.29, 1.82) is 0 Å². The summed E-state index contributed by atoms with van der Waals surface area (Å²) in [4.78, 5) is 60.8. The molecule has 0 radical (unpaired) electrons. The van der Waals surface area contributed by atoms with E-state index in [1.165, 1.54) is 28.3 Å². The molecule has 17 nitrogen and oxygen atoms in total. The number of hydrogen-bond donors (Lipinski definition) is 3. The monoisotopic (exact) mass is 954 g/mol. The molecule has 6 rings (SSSR count). The van der Waals surface area contributed by atoms with E-state index < -0.39 is 50.8 Å². The highest BCUT2D eigenvalue weighted by molar-refractivity contribution is 9.10. The van der Waals surface area contributed by atoms with Crippen LogP contribution in [0.4, 0.5) is 13.2 Å². The molecule has 6 aromatic rings. The fraction of sp³-hybridized carbons (Fsp3) is 0.421. The second-order valence-electron chi connectivity index (χ2n) is 16.3. The highest BCUT2D eigenvalue weighted by Gasteiger charge is 2.31. The van der Waals surface area contributed by atoms with Gasteiger partial charge in [0.2, 0.25) is 0 Å². The summed E-state index contributed by atoms with van der Waals surface area (Å²) in [6, 6.07) is 13.8. The molecule has 0 fully saturated rings. The number of aromatic hydroxyl groups is 1. The average molecular weight is 956 g/mol. The van der Waals surface area contributed by atoms with E-state index in [9.17, 15) is 32.3 Å². The standard InChI is InChI=1S/C19H23F3N4O5Si.C12H19BrN4O3Si.C7H8O/c1-25-15-14(16(27)24-17(25)28)26(11-29-8-9-32(2,3)4)18(23-15)30-12-6-5-7-13(10-12)31-19(20,21)22;1-16-9-8(10(18)15-12(16)19)17(11(13)14-9)7-20-5-6-21(2,3)4;1-6-3-2-4-7(8)5-6/h5-7,10H,8-9,11H2,1-4H3,(H,24,27,28);5-7H2,1-4H3,(H,15,18,19);2-5,8H,1H3. The third-order valence-corrected chi connectivity index (χ3v) is 12.6. The van der Waals surface area contributed by atoms with E-state index in [4.69, 9.17) is 19.3 Å². The van der Waals surface area contributed by atoms with Crippen LogP contribution < -0.4 is 32.0 Å². The number of nitrogens with one attached hydrogen (secondary N) is 2. The van der Waals surface area contributed by atoms with Gasteiger partial charge in [-0.2, -0.15) is 4.98 Å². The Morgan fingerprint density at radius 1 is 0.738 bits per heavy atom. The first-order valence-electron chi connectivity index (χ1n) is 18.8. The van der Waals surface area contributed by atoms with Crippen LogP contribution in [0.15, 0.2) is 72.4 Å². The van der Waals surface area contributed by atoms with Gasteiger partial charge in [-0.25, -0.2) is 14.6 Å². The number of phenolic OH excluding ortho intramolecular Hbond substituents is 1. The highest BCUT2D eigenvalue weighted by Crippen LogP contribution is 2.30. The van der Waals surface area contributed by atoms with E-state index in [1.54, 1.807) is 23.7 Å². The first kappa shape index (κ1) is 48.4. The zero-order valence-electron chi connectivity index (χ0n) is 35.3. The number of fused-ring (bicyclic) bond motifs is 2. The molecule has 61 heavy (non-hydrogen) atoms. The van der Waals surface area contributed by atoms with Gasteiger partial charge in [-0.1, -0.05) is 57.5 Å². The Bertz CT molecular complexity index is 2680. The van der Waals surface area contributed by atoms with Crippen LogP contribution in [-0.4, -0.2) is 79.0 Å². The summed E-state index contributed by atoms with van der Waals surface area (Å²) in [7, 11) is 0.478. The third-order valence-electron chi connectivity index (χ3n) is 8.62. The molecule has 0 aliphatic carbocycles. The molecule has 0 unspecified atom stereocenters. The van der Waals surface area contributed by atoms with Gasteiger partial charge in [0.25, 0.3) is 11.1 Å². The number of aryl methyl sites for hydroxylation is 3. The number of aromatic nitrogens is 8. The molecule has 0 aliphatic rings. The Balaban J connectivity index is 0.000000240. The van der Waals surface area contributed by atoms with Gasteiger partial charge in [0.15, 0.2) is 27.1 Å². The molecule has 4 heterocycles. The lowest BCUT2D eigenvalue weighted by Gasteiger charge is -2.16. The smallest absolute Gasteiger partial charge is 0.508 e. The van der Waals surface area contributed by atoms with Crippen molar-refractivity contribution in [2.24, 2.45) is 14.1 Å². The van der Waals surface area contributed by atoms with Crippen LogP contribution in [0, 0.1) is 6.92 Å². The molecule has 0 saturated heterocycles. The van der Waals surface area contributed by atoms with E-state index in [0.717, 1.165) is 34.4 Å². The maximum Gasteiger partial charge on any atom is 0.573 e. The van der Waals surface area contributed by atoms with Crippen LogP contribution in [0.1, 0.15) is 5.56 Å². The number of ether oxygens (including phenoxy) is 4. The first-order valence-corrected chi connectivity index (χ1v) is 27.0. The van der Waals surface area contributed by atoms with Gasteiger partial charge in [0.05, 0.1) is 0 Å². The summed E-state index contributed by atoms with van der Waals surface area (Å²) < 4.78 is 64.4. The van der Waals surface area contributed by atoms with Gasteiger partial charge in [0.1, 0.15) is 30.7 Å². The summed E-state index contributed by atoms with van der Waals surface area (Å²) in [6.07, 6.45) is -4.86. The molecule has 0 bridgehead atoms. The molecule has 23 heteroatoms. The molecule has 0 spiro atoms. The number of H-pyrrole nitrogens is 2. The van der Waals surface area contributed by atoms with E-state index in [1.807, 2.05) is 19.1 Å². The van der Waals surface area contributed by atoms with Gasteiger partial charge in [0, 0.05) is 49.5 Å². The van der Waals surface area contributed by atoms with Crippen LogP contribution in [-0.2, 0) is 37.0 Å². The van der Waals surface area contributed by atoms with Crippen molar-refractivity contribution in [3.05, 3.63) is 101 Å². The second kappa shape index (κ2) is 20.1. The number of halogens is 4. The number of hydrogen-bond acceptors (Lipinski definition) is 11. The minimum atomic E-state index is -4.86. The summed E-state index contributed by atoms with van der Waals surface area (Å²) in [5.41, 5.74) is -0.453. The quantitative estimate of drug-likeness (QED) is 0.0638. The Hall–Kier alpha value is -5.24. The predicted molar refractivity (Wildman–Crippen MR) is 233 cm³/mol. The Kier molecular flexibility index (Phi) is 16.0. The van der Waals surface area contributed by atoms with Crippen LogP contribution >= 0.6 is 15.9 Å². The number of alkyl halides is 3. The number of benzene rings is 2. The van der Waals surface area contributed by atoms with Crippen molar-refractivity contribution in [3.63, 3.8) is 0 Å². The van der Waals surface area contributed by atoms with Crippen molar-refractivity contribution in [2.45, 2.75) is 78.1 Å². The Morgan fingerprint density at radius 3 is 1.72 bits per heavy atom. The molecule has 0 aliphatic heterocycles. The summed E-state index contributed by atoms with van der Waals surface area (Å²) in [6.45, 7) is 16.5. The van der Waals surface area contributed by atoms with E-state index in [0.29, 0.717) is 34.9 Å². The molecule has 0 saturated carbocycles. The van der Waals surface area contributed by atoms with Crippen LogP contribution in [0.3, 0.4) is 0 Å². The molecule has 2 aromatic carbocycles. The molecule has 0 amide bonds. The van der Waals surface area contributed by atoms with Crippen molar-refractivity contribution in [1.82, 2.24) is 38.2 Å². The third kappa shape index (κ3) is 14.2. The molecular formula is C38H50BrF3N8O9Si2. The van der Waals surface area contributed by atoms with Crippen molar-refractivity contribution in [3.8, 4) is 23.3 Å². The Labute approximate surface area is 357 Å². The SMILES string of the molecule is Cc1cccc(O)c1.Cn1c(=O)[nH]c(=O)c2c1nc(Br)n2COCC[Si](C)(C)C.Cn1c(=O)[nH]c(=O)c2c1nc(Oc1cccc(OC(F)(F)F)c1)n2COCC[Si](C)(C)C. The van der Waals surface area contributed by atoms with E-state index in [2.05, 4.69) is 79.9 Å². The maximum atomic E-state index is 12.5. The fourth-order valence-electron chi connectivity index (χ4n) is 5.27. The minimum absolute atomic E-state index is 0.00756. The van der Waals surface area contributed by atoms with Crippen LogP contribution in [0.2, 0.25) is 51.4 Å². The predicted octanol–water partition coefficient (Wildman–Crippen LogP) is 6.63. The van der Waals surface area contributed by atoms with Crippen molar-refractivity contribution >= 4 is 54.4 Å². The molecule has 0 atom stereocenters. The lowest BCUT2D eigenvalue weighted by atomic mass is 10.2. The number of aromatic amines is 2. The average Bonchev–Trinajstić information content (AvgIpc) is 3.66. The lowest BCUT2D eigenvalue weighted by molar-refractivity contribution is -0.274. The largest absolute Gasteiger partial charge is 0.573 e. The van der Waals surface area contributed by atoms with Crippen LogP contribution in [0.5, 0.6) is 23.3 Å². The minimum Gasteiger partial charge on any atom is -0.508 e. The zero-order valence-corrected chi connectivity index (χ0v) is 38.9. The topological polar surface area (TPSA) is 203 Å². The van der Waals surface area contributed by atoms with Gasteiger partial charge >= 0.3 is 23.8 Å². The Morgan fingerprint density at radius 2 is 1.23 bits per heavy atom. The van der Waals surface area contributed by atoms with Gasteiger partial charge in [-0.3, -0.25) is 37.8 Å². The van der Waals surface area contributed by atoms with Crippen molar-refractivity contribution in [2.75, 3.05) is 13.2 Å². The second-order valence-corrected chi connectivity index (χ2v) is 28.2. The highest BCUT2D eigenvalue weighted by atomic mass is 79.9. The summed E-state index contributed by atoms with van der Waals surface area (Å²) in [5, 5.41) is 8.81. The number of phenols is 1. The van der Waals surface area contributed by atoms with Gasteiger partial charge < -0.3 is 24.1 Å². The van der Waals surface area contributed by atoms with Gasteiger partial charge in [-0.05, 0) is 64.8 Å². The van der Waals surface area contributed by atoms with Gasteiger partial charge in [-0.15, -0.1) is 13.2 Å². The molecule has 4 aromatic heterocycles. The number of nitrogens with zero attached hydrogens (tertiary/aromatic N) is 6.